The van der Waals surface area contributed by atoms with Crippen LogP contribution in [0.25, 0.3) is 71.9 Å². The van der Waals surface area contributed by atoms with Crippen LogP contribution >= 0.6 is 0 Å². The number of aromatic nitrogens is 5. The Morgan fingerprint density at radius 3 is 1.20 bits per heavy atom. The molecule has 49 heavy (non-hydrogen) atoms. The molecule has 234 valence electrons. The molecule has 9 aromatic rings. The maximum Gasteiger partial charge on any atom is 0.113 e. The molecule has 3 aromatic heterocycles. The summed E-state index contributed by atoms with van der Waals surface area (Å²) in [5, 5.41) is 14.0. The summed E-state index contributed by atoms with van der Waals surface area (Å²) >= 11 is 0. The van der Waals surface area contributed by atoms with Gasteiger partial charge in [0.15, 0.2) is 0 Å². The highest BCUT2D eigenvalue weighted by Crippen LogP contribution is 2.34. The summed E-state index contributed by atoms with van der Waals surface area (Å²) in [7, 11) is 0. The number of rotatable bonds is 6. The van der Waals surface area contributed by atoms with Crippen molar-refractivity contribution in [2.75, 3.05) is 0 Å². The van der Waals surface area contributed by atoms with Gasteiger partial charge in [-0.2, -0.15) is 0 Å². The fourth-order valence-corrected chi connectivity index (χ4v) is 6.62. The summed E-state index contributed by atoms with van der Waals surface area (Å²) in [6.07, 6.45) is 9.06. The molecule has 0 atom stereocenters. The summed E-state index contributed by atoms with van der Waals surface area (Å²) in [5.74, 6) is 0. The average molecular weight is 632 g/mol. The topological polar surface area (TPSA) is 40.6 Å². The Kier molecular flexibility index (Phi) is 7.76. The van der Waals surface area contributed by atoms with Crippen LogP contribution < -0.4 is 0 Å². The smallest absolute Gasteiger partial charge is 0.113 e. The highest BCUT2D eigenvalue weighted by molar-refractivity contribution is 6.10. The van der Waals surface area contributed by atoms with Crippen LogP contribution in [0.5, 0.6) is 0 Å². The number of allylic oxidation sites excluding steroid dienone is 4. The SMILES string of the molecule is C=C/C=C\C=C.c1ccc2c(c1)c1ccccc1n2-c1ccc(-c2cn(-c3ccc(-n4c5ccccc5c5ccccc54)cc3)nn2)cc1. The number of nitrogens with zero attached hydrogens (tertiary/aromatic N) is 5. The molecule has 9 rings (SSSR count). The third-order valence-corrected chi connectivity index (χ3v) is 8.83. The molecule has 0 aliphatic heterocycles. The van der Waals surface area contributed by atoms with Gasteiger partial charge in [-0.25, -0.2) is 4.68 Å². The number of benzene rings is 6. The summed E-state index contributed by atoms with van der Waals surface area (Å²) < 4.78 is 6.48. The molecule has 0 saturated carbocycles. The van der Waals surface area contributed by atoms with E-state index in [1.165, 1.54) is 43.6 Å². The second kappa shape index (κ2) is 12.8. The largest absolute Gasteiger partial charge is 0.309 e. The van der Waals surface area contributed by atoms with E-state index in [1.54, 1.807) is 12.2 Å². The predicted molar refractivity (Wildman–Crippen MR) is 205 cm³/mol. The van der Waals surface area contributed by atoms with Crippen molar-refractivity contribution < 1.29 is 0 Å². The van der Waals surface area contributed by atoms with E-state index in [-0.39, 0.29) is 0 Å². The first-order valence-corrected chi connectivity index (χ1v) is 16.3. The van der Waals surface area contributed by atoms with Gasteiger partial charge in [0.05, 0.1) is 34.0 Å². The highest BCUT2D eigenvalue weighted by atomic mass is 15.4. The monoisotopic (exact) mass is 631 g/mol. The summed E-state index contributed by atoms with van der Waals surface area (Å²) in [6.45, 7) is 6.93. The van der Waals surface area contributed by atoms with E-state index in [9.17, 15) is 0 Å². The quantitative estimate of drug-likeness (QED) is 0.171. The van der Waals surface area contributed by atoms with Crippen molar-refractivity contribution in [1.82, 2.24) is 24.1 Å². The lowest BCUT2D eigenvalue weighted by molar-refractivity contribution is 0.803. The molecule has 0 aliphatic carbocycles. The van der Waals surface area contributed by atoms with Crippen molar-refractivity contribution >= 4 is 43.6 Å². The number of para-hydroxylation sites is 4. The number of hydrogen-bond acceptors (Lipinski definition) is 2. The van der Waals surface area contributed by atoms with Crippen molar-refractivity contribution in [3.63, 3.8) is 0 Å². The lowest BCUT2D eigenvalue weighted by atomic mass is 10.1. The van der Waals surface area contributed by atoms with Crippen LogP contribution in [0.1, 0.15) is 0 Å². The first-order chi connectivity index (χ1) is 24.2. The molecule has 0 aliphatic rings. The van der Waals surface area contributed by atoms with Crippen molar-refractivity contribution in [3.8, 4) is 28.3 Å². The van der Waals surface area contributed by atoms with Gasteiger partial charge in [-0.3, -0.25) is 0 Å². The Balaban J connectivity index is 0.000000536. The molecular weight excluding hydrogens is 599 g/mol. The highest BCUT2D eigenvalue weighted by Gasteiger charge is 2.14. The van der Waals surface area contributed by atoms with Crippen LogP contribution in [0.15, 0.2) is 189 Å². The average Bonchev–Trinajstić information content (AvgIpc) is 3.88. The van der Waals surface area contributed by atoms with Gasteiger partial charge in [0.1, 0.15) is 5.69 Å². The Hall–Kier alpha value is -6.72. The molecule has 0 bridgehead atoms. The lowest BCUT2D eigenvalue weighted by Crippen LogP contribution is -1.97. The molecule has 0 saturated heterocycles. The summed E-state index contributed by atoms with van der Waals surface area (Å²) in [4.78, 5) is 0. The van der Waals surface area contributed by atoms with Crippen molar-refractivity contribution in [2.24, 2.45) is 0 Å². The molecule has 0 fully saturated rings. The molecule has 6 aromatic carbocycles. The molecule has 0 spiro atoms. The van der Waals surface area contributed by atoms with Gasteiger partial charge >= 0.3 is 0 Å². The van der Waals surface area contributed by atoms with E-state index in [2.05, 4.69) is 178 Å². The van der Waals surface area contributed by atoms with Crippen molar-refractivity contribution in [1.29, 1.82) is 0 Å². The van der Waals surface area contributed by atoms with Crippen molar-refractivity contribution in [3.05, 3.63) is 189 Å². The van der Waals surface area contributed by atoms with E-state index in [0.717, 1.165) is 28.3 Å². The molecule has 3 heterocycles. The van der Waals surface area contributed by atoms with Gasteiger partial charge in [-0.1, -0.05) is 128 Å². The third kappa shape index (κ3) is 5.33. The maximum atomic E-state index is 4.51. The fraction of sp³-hybridized carbons (Fsp3) is 0. The van der Waals surface area contributed by atoms with Gasteiger partial charge in [0.25, 0.3) is 0 Å². The second-order valence-electron chi connectivity index (χ2n) is 11.7. The van der Waals surface area contributed by atoms with Crippen LogP contribution in [0.2, 0.25) is 0 Å². The molecule has 0 unspecified atom stereocenters. The summed E-state index contributed by atoms with van der Waals surface area (Å²) in [6, 6.07) is 51.3. The molecular formula is C44H33N5. The number of hydrogen-bond donors (Lipinski definition) is 0. The Labute approximate surface area is 284 Å². The normalized spacial score (nSPS) is 11.3. The molecule has 5 nitrogen and oxygen atoms in total. The van der Waals surface area contributed by atoms with Gasteiger partial charge in [-0.05, 0) is 60.7 Å². The van der Waals surface area contributed by atoms with Crippen LogP contribution in [0, 0.1) is 0 Å². The molecule has 0 amide bonds. The molecule has 0 radical (unpaired) electrons. The van der Waals surface area contributed by atoms with Gasteiger partial charge < -0.3 is 9.13 Å². The standard InChI is InChI=1S/C38H25N5.C6H8/c1-5-13-35-30(9-1)31-10-2-6-14-36(31)42(35)28-19-17-26(18-20-28)34-25-41(40-39-34)27-21-23-29(24-22-27)43-37-15-7-3-11-32(37)33-12-4-8-16-38(33)43;1-3-5-6-4-2/h1-25H;3-6H,1-2H2/b;6-5-. The van der Waals surface area contributed by atoms with Crippen LogP contribution in [0.3, 0.4) is 0 Å². The fourth-order valence-electron chi connectivity index (χ4n) is 6.62. The third-order valence-electron chi connectivity index (χ3n) is 8.83. The Morgan fingerprint density at radius 2 is 0.796 bits per heavy atom. The minimum absolute atomic E-state index is 0.834. The number of fused-ring (bicyclic) bond motifs is 6. The first-order valence-electron chi connectivity index (χ1n) is 16.3. The zero-order valence-corrected chi connectivity index (χ0v) is 26.9. The van der Waals surface area contributed by atoms with Crippen LogP contribution in [0.4, 0.5) is 0 Å². The predicted octanol–water partition coefficient (Wildman–Crippen LogP) is 11.0. The Morgan fingerprint density at radius 1 is 0.429 bits per heavy atom. The van der Waals surface area contributed by atoms with E-state index in [1.807, 2.05) is 23.0 Å². The molecule has 0 N–H and O–H groups in total. The maximum absolute atomic E-state index is 4.51. The van der Waals surface area contributed by atoms with Crippen LogP contribution in [-0.4, -0.2) is 24.1 Å². The first kappa shape index (κ1) is 29.7. The van der Waals surface area contributed by atoms with Gasteiger partial charge in [0, 0.05) is 38.5 Å². The van der Waals surface area contributed by atoms with Gasteiger partial charge in [0.2, 0.25) is 0 Å². The molecule has 5 heteroatoms. The zero-order chi connectivity index (χ0) is 33.2. The Bertz CT molecular complexity index is 2340. The van der Waals surface area contributed by atoms with Crippen molar-refractivity contribution in [2.45, 2.75) is 0 Å². The van der Waals surface area contributed by atoms with E-state index < -0.39 is 0 Å². The van der Waals surface area contributed by atoms with Gasteiger partial charge in [-0.15, -0.1) is 5.10 Å². The van der Waals surface area contributed by atoms with E-state index in [4.69, 9.17) is 0 Å². The minimum atomic E-state index is 0.834. The lowest BCUT2D eigenvalue weighted by Gasteiger charge is -2.09. The van der Waals surface area contributed by atoms with E-state index >= 15 is 0 Å². The minimum Gasteiger partial charge on any atom is -0.309 e. The van der Waals surface area contributed by atoms with Crippen LogP contribution in [-0.2, 0) is 0 Å². The summed E-state index contributed by atoms with van der Waals surface area (Å²) in [5.41, 5.74) is 9.85. The zero-order valence-electron chi connectivity index (χ0n) is 26.9. The second-order valence-corrected chi connectivity index (χ2v) is 11.7. The van der Waals surface area contributed by atoms with E-state index in [0.29, 0.717) is 0 Å².